The predicted octanol–water partition coefficient (Wildman–Crippen LogP) is 6.17. The molecule has 0 spiro atoms. The van der Waals surface area contributed by atoms with Crippen LogP contribution in [0.5, 0.6) is 0 Å². The number of carboxylic acids is 2. The number of hydrogen-bond acceptors (Lipinski definition) is 3. The summed E-state index contributed by atoms with van der Waals surface area (Å²) >= 11 is 0. The van der Waals surface area contributed by atoms with Gasteiger partial charge in [-0.15, -0.1) is 0 Å². The molecule has 3 unspecified atom stereocenters. The van der Waals surface area contributed by atoms with Crippen LogP contribution in [-0.2, 0) is 14.3 Å². The van der Waals surface area contributed by atoms with E-state index >= 15 is 0 Å². The van der Waals surface area contributed by atoms with Crippen molar-refractivity contribution in [2.24, 2.45) is 56.7 Å². The van der Waals surface area contributed by atoms with Gasteiger partial charge in [0.25, 0.3) is 0 Å². The van der Waals surface area contributed by atoms with Gasteiger partial charge in [0.05, 0.1) is 16.9 Å². The summed E-state index contributed by atoms with van der Waals surface area (Å²) in [5.74, 6) is 0.225. The zero-order valence-corrected chi connectivity index (χ0v) is 22.4. The summed E-state index contributed by atoms with van der Waals surface area (Å²) in [5, 5.41) is 20.9. The standard InChI is InChI=1S/C30H44O5/c1-16-9-12-30(25(33)34)14-13-27(4)18(22(30)17(16)2)7-8-20-26(3)15-19-23(35-19)29(6,24(31)32)21(26)10-11-28(20,27)5/h7,16-17,19-23H,8-15H2,1-6H3,(H,31,32)(H,33,34)/t16-,17+,19?,20-,21?,22+,23-,26-,27-,28-,29?,30+/m1/s1. The van der Waals surface area contributed by atoms with Gasteiger partial charge in [0.2, 0.25) is 0 Å². The van der Waals surface area contributed by atoms with Crippen LogP contribution < -0.4 is 0 Å². The van der Waals surface area contributed by atoms with Gasteiger partial charge in [-0.1, -0.05) is 46.3 Å². The number of allylic oxidation sites excluding steroid dienone is 2. The van der Waals surface area contributed by atoms with Gasteiger partial charge in [-0.05, 0) is 104 Å². The maximum Gasteiger partial charge on any atom is 0.312 e. The van der Waals surface area contributed by atoms with Crippen molar-refractivity contribution in [3.8, 4) is 0 Å². The van der Waals surface area contributed by atoms with Gasteiger partial charge in [0.1, 0.15) is 6.10 Å². The van der Waals surface area contributed by atoms with Crippen LogP contribution >= 0.6 is 0 Å². The number of rotatable bonds is 2. The molecule has 0 aromatic heterocycles. The molecule has 0 bridgehead atoms. The SMILES string of the molecule is C[C@H]1[C@H](C)CC[C@]2(C(=O)O)CC[C@]3(C)C(=CC[C@@H]4[C@@]5(C)CC6O[C@H]6C(C)(C(=O)O)C5CC[C@]43C)[C@H]12. The molecular weight excluding hydrogens is 440 g/mol. The predicted molar refractivity (Wildman–Crippen MR) is 133 cm³/mol. The number of ether oxygens (including phenoxy) is 1. The smallest absolute Gasteiger partial charge is 0.312 e. The Labute approximate surface area is 210 Å². The second-order valence-corrected chi connectivity index (χ2v) is 14.5. The molecule has 5 fully saturated rings. The Bertz CT molecular complexity index is 1020. The first-order valence-corrected chi connectivity index (χ1v) is 14.1. The maximum absolute atomic E-state index is 12.8. The molecule has 4 saturated carbocycles. The molecule has 6 aliphatic rings. The molecule has 6 rings (SSSR count). The lowest BCUT2D eigenvalue weighted by Gasteiger charge is -2.70. The molecule has 0 aromatic rings. The topological polar surface area (TPSA) is 87.1 Å². The highest BCUT2D eigenvalue weighted by Crippen LogP contribution is 2.77. The van der Waals surface area contributed by atoms with E-state index in [9.17, 15) is 19.8 Å². The third kappa shape index (κ3) is 2.60. The average Bonchev–Trinajstić information content (AvgIpc) is 3.56. The zero-order valence-electron chi connectivity index (χ0n) is 22.4. The molecule has 0 aromatic carbocycles. The van der Waals surface area contributed by atoms with Gasteiger partial charge in [-0.25, -0.2) is 0 Å². The summed E-state index contributed by atoms with van der Waals surface area (Å²) in [7, 11) is 0. The van der Waals surface area contributed by atoms with Crippen LogP contribution in [0.15, 0.2) is 11.6 Å². The highest BCUT2D eigenvalue weighted by Gasteiger charge is 2.75. The molecule has 35 heavy (non-hydrogen) atoms. The Morgan fingerprint density at radius 1 is 0.943 bits per heavy atom. The Balaban J connectivity index is 1.46. The van der Waals surface area contributed by atoms with E-state index in [-0.39, 0.29) is 40.3 Å². The van der Waals surface area contributed by atoms with E-state index in [1.165, 1.54) is 5.57 Å². The lowest BCUT2D eigenvalue weighted by molar-refractivity contribution is -0.195. The van der Waals surface area contributed by atoms with Gasteiger partial charge in [-0.2, -0.15) is 0 Å². The van der Waals surface area contributed by atoms with Crippen LogP contribution in [0.1, 0.15) is 92.9 Å². The molecule has 5 nitrogen and oxygen atoms in total. The van der Waals surface area contributed by atoms with Gasteiger partial charge in [-0.3, -0.25) is 9.59 Å². The van der Waals surface area contributed by atoms with E-state index < -0.39 is 22.8 Å². The Hall–Kier alpha value is -1.36. The summed E-state index contributed by atoms with van der Waals surface area (Å²) in [6, 6.07) is 0. The number of epoxide rings is 1. The minimum Gasteiger partial charge on any atom is -0.481 e. The number of carboxylic acid groups (broad SMARTS) is 2. The first-order chi connectivity index (χ1) is 16.3. The average molecular weight is 485 g/mol. The molecule has 1 saturated heterocycles. The van der Waals surface area contributed by atoms with E-state index in [4.69, 9.17) is 4.74 Å². The fourth-order valence-corrected chi connectivity index (χ4v) is 11.2. The normalized spacial score (nSPS) is 58.5. The molecule has 1 heterocycles. The minimum absolute atomic E-state index is 0.0363. The molecular formula is C30H44O5. The second-order valence-electron chi connectivity index (χ2n) is 14.5. The lowest BCUT2D eigenvalue weighted by Crippen LogP contribution is -2.66. The Morgan fingerprint density at radius 2 is 1.66 bits per heavy atom. The molecule has 0 amide bonds. The van der Waals surface area contributed by atoms with Crippen molar-refractivity contribution in [2.75, 3.05) is 0 Å². The summed E-state index contributed by atoms with van der Waals surface area (Å²) in [4.78, 5) is 25.4. The first-order valence-electron chi connectivity index (χ1n) is 14.1. The van der Waals surface area contributed by atoms with Crippen LogP contribution in [0.25, 0.3) is 0 Å². The van der Waals surface area contributed by atoms with Crippen LogP contribution in [0.2, 0.25) is 0 Å². The maximum atomic E-state index is 12.8. The number of fused-ring (bicyclic) bond motifs is 8. The molecule has 5 aliphatic carbocycles. The van der Waals surface area contributed by atoms with E-state index in [2.05, 4.69) is 40.7 Å². The quantitative estimate of drug-likeness (QED) is 0.361. The summed E-state index contributed by atoms with van der Waals surface area (Å²) in [6.07, 6.45) is 9.73. The van der Waals surface area contributed by atoms with Crippen molar-refractivity contribution in [1.29, 1.82) is 0 Å². The van der Waals surface area contributed by atoms with E-state index in [1.807, 2.05) is 6.92 Å². The fourth-order valence-electron chi connectivity index (χ4n) is 11.2. The molecule has 1 aliphatic heterocycles. The molecule has 12 atom stereocenters. The Kier molecular flexibility index (Phi) is 4.76. The summed E-state index contributed by atoms with van der Waals surface area (Å²) in [5.41, 5.74) is -0.0986. The van der Waals surface area contributed by atoms with Crippen LogP contribution in [0.4, 0.5) is 0 Å². The monoisotopic (exact) mass is 484 g/mol. The van der Waals surface area contributed by atoms with E-state index in [0.717, 1.165) is 51.4 Å². The third-order valence-electron chi connectivity index (χ3n) is 13.7. The van der Waals surface area contributed by atoms with Crippen molar-refractivity contribution < 1.29 is 24.5 Å². The summed E-state index contributed by atoms with van der Waals surface area (Å²) < 4.78 is 6.03. The molecule has 0 radical (unpaired) electrons. The van der Waals surface area contributed by atoms with Gasteiger partial charge >= 0.3 is 11.9 Å². The molecule has 2 N–H and O–H groups in total. The van der Waals surface area contributed by atoms with Crippen molar-refractivity contribution in [1.82, 2.24) is 0 Å². The van der Waals surface area contributed by atoms with Crippen molar-refractivity contribution in [2.45, 2.75) is 105 Å². The van der Waals surface area contributed by atoms with Gasteiger partial charge in [0, 0.05) is 0 Å². The Morgan fingerprint density at radius 3 is 2.31 bits per heavy atom. The zero-order chi connectivity index (χ0) is 25.3. The molecule has 194 valence electrons. The molecule has 5 heteroatoms. The van der Waals surface area contributed by atoms with Crippen molar-refractivity contribution in [3.05, 3.63) is 11.6 Å². The van der Waals surface area contributed by atoms with E-state index in [0.29, 0.717) is 17.8 Å². The minimum atomic E-state index is -0.817. The lowest BCUT2D eigenvalue weighted by atomic mass is 9.33. The van der Waals surface area contributed by atoms with Gasteiger partial charge < -0.3 is 14.9 Å². The van der Waals surface area contributed by atoms with Crippen LogP contribution in [0, 0.1) is 56.7 Å². The van der Waals surface area contributed by atoms with Crippen LogP contribution in [0.3, 0.4) is 0 Å². The van der Waals surface area contributed by atoms with Crippen molar-refractivity contribution in [3.63, 3.8) is 0 Å². The fraction of sp³-hybridized carbons (Fsp3) is 0.867. The van der Waals surface area contributed by atoms with Crippen LogP contribution in [-0.4, -0.2) is 34.4 Å². The highest BCUT2D eigenvalue weighted by molar-refractivity contribution is 5.77. The summed E-state index contributed by atoms with van der Waals surface area (Å²) in [6.45, 7) is 13.9. The number of aliphatic carboxylic acids is 2. The third-order valence-corrected chi connectivity index (χ3v) is 13.7. The second kappa shape index (κ2) is 6.94. The number of hydrogen-bond donors (Lipinski definition) is 2. The first kappa shape index (κ1) is 24.0. The highest BCUT2D eigenvalue weighted by atomic mass is 16.6. The largest absolute Gasteiger partial charge is 0.481 e. The number of carbonyl (C=O) groups is 2. The van der Waals surface area contributed by atoms with Gasteiger partial charge in [0.15, 0.2) is 0 Å². The van der Waals surface area contributed by atoms with Crippen molar-refractivity contribution >= 4 is 11.9 Å². The van der Waals surface area contributed by atoms with E-state index in [1.54, 1.807) is 0 Å².